The summed E-state index contributed by atoms with van der Waals surface area (Å²) < 4.78 is 0. The molecule has 0 radical (unpaired) electrons. The predicted molar refractivity (Wildman–Crippen MR) is 116 cm³/mol. The van der Waals surface area contributed by atoms with Gasteiger partial charge in [0.1, 0.15) is 0 Å². The zero-order chi connectivity index (χ0) is 18.6. The Morgan fingerprint density at radius 2 is 1.71 bits per heavy atom. The topological polar surface area (TPSA) is 43.8 Å². The number of para-hydroxylation sites is 1. The van der Waals surface area contributed by atoms with Gasteiger partial charge in [-0.25, -0.2) is 0 Å². The van der Waals surface area contributed by atoms with Gasteiger partial charge >= 0.3 is 5.97 Å². The van der Waals surface area contributed by atoms with Crippen molar-refractivity contribution in [1.82, 2.24) is 4.90 Å². The Hall–Kier alpha value is -2.04. The predicted octanol–water partition coefficient (Wildman–Crippen LogP) is 4.52. The molecule has 1 N–H and O–H groups in total. The molecule has 2 heterocycles. The first-order chi connectivity index (χ1) is 13.2. The molecule has 0 amide bonds. The van der Waals surface area contributed by atoms with E-state index in [1.807, 2.05) is 0 Å². The number of piperazine rings is 1. The maximum Gasteiger partial charge on any atom is 0.303 e. The lowest BCUT2D eigenvalue weighted by molar-refractivity contribution is -0.137. The standard InChI is InChI=1S/C23H28N2O2.ClH/c26-23(27)12-2-1-7-13-24-14-15-25-21-11-6-4-9-19(21)16-18-8-3-5-10-20(18)22(25)17-24;/h3-6,8-11,22H,1-2,7,12-17H2,(H,26,27);1H/t22-;/m0./s1. The molecule has 5 heteroatoms. The second-order valence-electron chi connectivity index (χ2n) is 7.72. The van der Waals surface area contributed by atoms with Gasteiger partial charge in [-0.1, -0.05) is 48.9 Å². The van der Waals surface area contributed by atoms with E-state index < -0.39 is 5.97 Å². The average molecular weight is 401 g/mol. The van der Waals surface area contributed by atoms with Crippen molar-refractivity contribution in [2.24, 2.45) is 0 Å². The highest BCUT2D eigenvalue weighted by Crippen LogP contribution is 2.39. The van der Waals surface area contributed by atoms with E-state index in [0.717, 1.165) is 51.9 Å². The molecule has 0 spiro atoms. The molecule has 0 saturated carbocycles. The van der Waals surface area contributed by atoms with Gasteiger partial charge < -0.3 is 10.0 Å². The number of aliphatic carboxylic acids is 1. The van der Waals surface area contributed by atoms with Crippen LogP contribution in [0.25, 0.3) is 0 Å². The molecule has 1 fully saturated rings. The van der Waals surface area contributed by atoms with Gasteiger partial charge in [0, 0.05) is 31.7 Å². The summed E-state index contributed by atoms with van der Waals surface area (Å²) in [6.45, 7) is 4.23. The highest BCUT2D eigenvalue weighted by Gasteiger charge is 2.32. The Labute approximate surface area is 173 Å². The minimum Gasteiger partial charge on any atom is -0.481 e. The summed E-state index contributed by atoms with van der Waals surface area (Å²) in [4.78, 5) is 15.8. The first-order valence-corrected chi connectivity index (χ1v) is 10.1. The highest BCUT2D eigenvalue weighted by atomic mass is 35.5. The number of hydrogen-bond acceptors (Lipinski definition) is 3. The lowest BCUT2D eigenvalue weighted by Crippen LogP contribution is -2.48. The van der Waals surface area contributed by atoms with Crippen molar-refractivity contribution >= 4 is 24.1 Å². The minimum atomic E-state index is -0.683. The molecule has 0 bridgehead atoms. The minimum absolute atomic E-state index is 0. The van der Waals surface area contributed by atoms with E-state index >= 15 is 0 Å². The fraction of sp³-hybridized carbons (Fsp3) is 0.435. The van der Waals surface area contributed by atoms with E-state index in [1.54, 1.807) is 0 Å². The quantitative estimate of drug-likeness (QED) is 0.724. The summed E-state index contributed by atoms with van der Waals surface area (Å²) in [7, 11) is 0. The summed E-state index contributed by atoms with van der Waals surface area (Å²) in [5.41, 5.74) is 5.72. The molecule has 28 heavy (non-hydrogen) atoms. The third-order valence-electron chi connectivity index (χ3n) is 5.93. The molecule has 2 aliphatic rings. The number of halogens is 1. The van der Waals surface area contributed by atoms with Crippen LogP contribution in [0.5, 0.6) is 0 Å². The molecular weight excluding hydrogens is 372 g/mol. The zero-order valence-electron chi connectivity index (χ0n) is 16.2. The van der Waals surface area contributed by atoms with Crippen LogP contribution in [-0.4, -0.2) is 42.2 Å². The second kappa shape index (κ2) is 9.44. The Kier molecular flexibility index (Phi) is 6.97. The van der Waals surface area contributed by atoms with E-state index in [0.29, 0.717) is 12.5 Å². The van der Waals surface area contributed by atoms with Crippen LogP contribution in [0.1, 0.15) is 48.4 Å². The average Bonchev–Trinajstić information content (AvgIpc) is 2.82. The molecule has 4 nitrogen and oxygen atoms in total. The van der Waals surface area contributed by atoms with Gasteiger partial charge in [-0.3, -0.25) is 9.69 Å². The van der Waals surface area contributed by atoms with E-state index in [4.69, 9.17) is 5.11 Å². The van der Waals surface area contributed by atoms with Crippen molar-refractivity contribution in [3.8, 4) is 0 Å². The molecule has 2 aromatic carbocycles. The Morgan fingerprint density at radius 1 is 0.964 bits per heavy atom. The summed E-state index contributed by atoms with van der Waals surface area (Å²) in [5, 5.41) is 8.77. The normalized spacial score (nSPS) is 18.3. The molecule has 2 aliphatic heterocycles. The molecule has 150 valence electrons. The molecule has 0 aromatic heterocycles. The van der Waals surface area contributed by atoms with E-state index in [9.17, 15) is 4.79 Å². The molecule has 2 aromatic rings. The van der Waals surface area contributed by atoms with Crippen molar-refractivity contribution in [2.45, 2.75) is 38.1 Å². The van der Waals surface area contributed by atoms with E-state index in [1.165, 1.54) is 22.4 Å². The van der Waals surface area contributed by atoms with Crippen LogP contribution in [0.15, 0.2) is 48.5 Å². The van der Waals surface area contributed by atoms with Crippen LogP contribution < -0.4 is 4.90 Å². The number of anilines is 1. The fourth-order valence-electron chi connectivity index (χ4n) is 4.55. The van der Waals surface area contributed by atoms with Gasteiger partial charge in [0.2, 0.25) is 0 Å². The zero-order valence-corrected chi connectivity index (χ0v) is 17.0. The third kappa shape index (κ3) is 4.50. The summed E-state index contributed by atoms with van der Waals surface area (Å²) >= 11 is 0. The van der Waals surface area contributed by atoms with Crippen LogP contribution in [0.2, 0.25) is 0 Å². The number of unbranched alkanes of at least 4 members (excludes halogenated alkanes) is 2. The molecule has 1 saturated heterocycles. The van der Waals surface area contributed by atoms with Gasteiger partial charge in [0.15, 0.2) is 0 Å². The Morgan fingerprint density at radius 3 is 2.54 bits per heavy atom. The lowest BCUT2D eigenvalue weighted by Gasteiger charge is -2.43. The number of carboxylic acids is 1. The number of hydrogen-bond donors (Lipinski definition) is 1. The van der Waals surface area contributed by atoms with Crippen molar-refractivity contribution in [1.29, 1.82) is 0 Å². The van der Waals surface area contributed by atoms with Crippen molar-refractivity contribution in [3.63, 3.8) is 0 Å². The summed E-state index contributed by atoms with van der Waals surface area (Å²) in [6.07, 6.45) is 4.17. The molecule has 0 unspecified atom stereocenters. The summed E-state index contributed by atoms with van der Waals surface area (Å²) in [5.74, 6) is -0.683. The van der Waals surface area contributed by atoms with Gasteiger partial charge in [-0.05, 0) is 48.6 Å². The molecule has 0 aliphatic carbocycles. The molecule has 4 rings (SSSR count). The monoisotopic (exact) mass is 400 g/mol. The van der Waals surface area contributed by atoms with Crippen LogP contribution in [0.3, 0.4) is 0 Å². The first-order valence-electron chi connectivity index (χ1n) is 10.1. The number of benzene rings is 2. The Balaban J connectivity index is 0.00000225. The SMILES string of the molecule is Cl.O=C(O)CCCCCN1CCN2c3ccccc3Cc3ccccc3[C@@H]2C1. The number of fused-ring (bicyclic) bond motifs is 5. The molecular formula is C23H29ClN2O2. The maximum absolute atomic E-state index is 10.7. The third-order valence-corrected chi connectivity index (χ3v) is 5.93. The maximum atomic E-state index is 10.7. The van der Waals surface area contributed by atoms with Crippen molar-refractivity contribution < 1.29 is 9.90 Å². The van der Waals surface area contributed by atoms with Gasteiger partial charge in [0.05, 0.1) is 6.04 Å². The number of carbonyl (C=O) groups is 1. The van der Waals surface area contributed by atoms with Gasteiger partial charge in [-0.15, -0.1) is 12.4 Å². The smallest absolute Gasteiger partial charge is 0.303 e. The highest BCUT2D eigenvalue weighted by molar-refractivity contribution is 5.85. The number of carboxylic acid groups (broad SMARTS) is 1. The Bertz CT molecular complexity index is 811. The largest absolute Gasteiger partial charge is 0.481 e. The van der Waals surface area contributed by atoms with E-state index in [2.05, 4.69) is 58.3 Å². The first kappa shape index (κ1) is 20.7. The lowest BCUT2D eigenvalue weighted by atomic mass is 9.96. The van der Waals surface area contributed by atoms with E-state index in [-0.39, 0.29) is 12.4 Å². The van der Waals surface area contributed by atoms with Gasteiger partial charge in [0.25, 0.3) is 0 Å². The summed E-state index contributed by atoms with van der Waals surface area (Å²) in [6, 6.07) is 18.1. The number of rotatable bonds is 6. The number of nitrogens with zero attached hydrogens (tertiary/aromatic N) is 2. The van der Waals surface area contributed by atoms with Crippen molar-refractivity contribution in [2.75, 3.05) is 31.1 Å². The van der Waals surface area contributed by atoms with Crippen LogP contribution >= 0.6 is 12.4 Å². The van der Waals surface area contributed by atoms with Crippen molar-refractivity contribution in [3.05, 3.63) is 65.2 Å². The van der Waals surface area contributed by atoms with Crippen LogP contribution in [0.4, 0.5) is 5.69 Å². The fourth-order valence-corrected chi connectivity index (χ4v) is 4.55. The van der Waals surface area contributed by atoms with Gasteiger partial charge in [-0.2, -0.15) is 0 Å². The molecule has 1 atom stereocenters. The second-order valence-corrected chi connectivity index (χ2v) is 7.72. The van der Waals surface area contributed by atoms with Crippen LogP contribution in [-0.2, 0) is 11.2 Å². The van der Waals surface area contributed by atoms with Crippen LogP contribution in [0, 0.1) is 0 Å².